The van der Waals surface area contributed by atoms with E-state index in [2.05, 4.69) is 19.2 Å². The second-order valence-corrected chi connectivity index (χ2v) is 6.23. The van der Waals surface area contributed by atoms with Gasteiger partial charge < -0.3 is 15.1 Å². The van der Waals surface area contributed by atoms with E-state index in [1.54, 1.807) is 4.90 Å². The van der Waals surface area contributed by atoms with Crippen LogP contribution < -0.4 is 5.32 Å². The van der Waals surface area contributed by atoms with Crippen LogP contribution in [0.4, 0.5) is 4.79 Å². The fraction of sp³-hybridized carbons (Fsp3) is 0.529. The first-order valence-corrected chi connectivity index (χ1v) is 7.86. The molecule has 5 nitrogen and oxygen atoms in total. The summed E-state index contributed by atoms with van der Waals surface area (Å²) >= 11 is 0. The van der Waals surface area contributed by atoms with Gasteiger partial charge in [-0.05, 0) is 25.0 Å². The Kier molecular flexibility index (Phi) is 5.41. The number of amides is 3. The molecule has 1 heterocycles. The highest BCUT2D eigenvalue weighted by Gasteiger charge is 2.24. The maximum absolute atomic E-state index is 12.5. The number of benzene rings is 1. The third-order valence-electron chi connectivity index (χ3n) is 3.78. The number of hydrogen-bond acceptors (Lipinski definition) is 2. The average Bonchev–Trinajstić information content (AvgIpc) is 2.52. The van der Waals surface area contributed by atoms with Crippen LogP contribution in [0.15, 0.2) is 24.3 Å². The van der Waals surface area contributed by atoms with E-state index < -0.39 is 0 Å². The maximum atomic E-state index is 12.5. The Bertz CT molecular complexity index is 534. The lowest BCUT2D eigenvalue weighted by Crippen LogP contribution is -2.53. The normalized spacial score (nSPS) is 15.1. The van der Waals surface area contributed by atoms with Gasteiger partial charge in [0.2, 0.25) is 0 Å². The second kappa shape index (κ2) is 7.29. The topological polar surface area (TPSA) is 52.7 Å². The highest BCUT2D eigenvalue weighted by molar-refractivity contribution is 5.94. The van der Waals surface area contributed by atoms with E-state index in [4.69, 9.17) is 0 Å². The first-order chi connectivity index (χ1) is 10.5. The Hall–Kier alpha value is -2.04. The molecule has 1 saturated heterocycles. The molecule has 0 radical (unpaired) electrons. The van der Waals surface area contributed by atoms with Crippen LogP contribution in [0.25, 0.3) is 0 Å². The van der Waals surface area contributed by atoms with E-state index in [0.717, 1.165) is 11.1 Å². The second-order valence-electron chi connectivity index (χ2n) is 6.23. The highest BCUT2D eigenvalue weighted by Crippen LogP contribution is 2.10. The summed E-state index contributed by atoms with van der Waals surface area (Å²) < 4.78 is 0. The third kappa shape index (κ3) is 4.23. The summed E-state index contributed by atoms with van der Waals surface area (Å²) in [6.45, 7) is 9.14. The number of nitrogens with zero attached hydrogens (tertiary/aromatic N) is 2. The van der Waals surface area contributed by atoms with Crippen molar-refractivity contribution in [3.05, 3.63) is 35.4 Å². The Morgan fingerprint density at radius 2 is 1.77 bits per heavy atom. The van der Waals surface area contributed by atoms with Crippen molar-refractivity contribution in [2.45, 2.75) is 20.8 Å². The zero-order valence-corrected chi connectivity index (χ0v) is 13.6. The minimum absolute atomic E-state index is 0.0312. The van der Waals surface area contributed by atoms with E-state index in [1.165, 1.54) is 0 Å². The zero-order valence-electron chi connectivity index (χ0n) is 13.6. The predicted molar refractivity (Wildman–Crippen MR) is 86.9 cm³/mol. The third-order valence-corrected chi connectivity index (χ3v) is 3.78. The van der Waals surface area contributed by atoms with Crippen LogP contribution in [0.2, 0.25) is 0 Å². The molecule has 1 N–H and O–H groups in total. The Morgan fingerprint density at radius 3 is 2.36 bits per heavy atom. The van der Waals surface area contributed by atoms with Crippen molar-refractivity contribution in [2.24, 2.45) is 5.92 Å². The summed E-state index contributed by atoms with van der Waals surface area (Å²) in [4.78, 5) is 28.1. The number of hydrogen-bond donors (Lipinski definition) is 1. The molecular weight excluding hydrogens is 278 g/mol. The smallest absolute Gasteiger partial charge is 0.317 e. The quantitative estimate of drug-likeness (QED) is 0.930. The summed E-state index contributed by atoms with van der Waals surface area (Å²) in [5, 5.41) is 2.92. The SMILES string of the molecule is Cc1cccc(C(=O)N2CCN(C(=O)NCC(C)C)CC2)c1. The lowest BCUT2D eigenvalue weighted by atomic mass is 10.1. The van der Waals surface area contributed by atoms with Crippen LogP contribution in [0.3, 0.4) is 0 Å². The molecule has 1 aromatic rings. The van der Waals surface area contributed by atoms with Crippen LogP contribution in [-0.4, -0.2) is 54.5 Å². The number of urea groups is 1. The fourth-order valence-electron chi connectivity index (χ4n) is 2.48. The Balaban J connectivity index is 1.86. The van der Waals surface area contributed by atoms with Crippen molar-refractivity contribution < 1.29 is 9.59 Å². The van der Waals surface area contributed by atoms with Crippen molar-refractivity contribution in [1.82, 2.24) is 15.1 Å². The van der Waals surface area contributed by atoms with Crippen LogP contribution in [0.5, 0.6) is 0 Å². The van der Waals surface area contributed by atoms with E-state index in [-0.39, 0.29) is 11.9 Å². The molecule has 0 aromatic heterocycles. The van der Waals surface area contributed by atoms with E-state index >= 15 is 0 Å². The number of carbonyl (C=O) groups is 2. The first-order valence-electron chi connectivity index (χ1n) is 7.86. The van der Waals surface area contributed by atoms with Crippen molar-refractivity contribution >= 4 is 11.9 Å². The van der Waals surface area contributed by atoms with E-state index in [9.17, 15) is 9.59 Å². The number of aryl methyl sites for hydroxylation is 1. The lowest BCUT2D eigenvalue weighted by molar-refractivity contribution is 0.0664. The summed E-state index contributed by atoms with van der Waals surface area (Å²) in [5.74, 6) is 0.485. The average molecular weight is 303 g/mol. The molecule has 0 unspecified atom stereocenters. The predicted octanol–water partition coefficient (Wildman–Crippen LogP) is 2.12. The van der Waals surface area contributed by atoms with Crippen molar-refractivity contribution in [1.29, 1.82) is 0 Å². The van der Waals surface area contributed by atoms with Gasteiger partial charge in [-0.2, -0.15) is 0 Å². The molecule has 3 amide bonds. The fourth-order valence-corrected chi connectivity index (χ4v) is 2.48. The summed E-state index contributed by atoms with van der Waals surface area (Å²) in [6, 6.07) is 7.60. The van der Waals surface area contributed by atoms with Gasteiger partial charge in [0.25, 0.3) is 5.91 Å². The minimum atomic E-state index is -0.0312. The molecule has 1 aliphatic heterocycles. The molecule has 1 aliphatic rings. The molecule has 1 fully saturated rings. The summed E-state index contributed by atoms with van der Waals surface area (Å²) in [7, 11) is 0. The first kappa shape index (κ1) is 16.3. The van der Waals surface area contributed by atoms with Crippen molar-refractivity contribution in [3.8, 4) is 0 Å². The standard InChI is InChI=1S/C17H25N3O2/c1-13(2)12-18-17(22)20-9-7-19(8-10-20)16(21)15-6-4-5-14(3)11-15/h4-6,11,13H,7-10,12H2,1-3H3,(H,18,22). The van der Waals surface area contributed by atoms with Crippen LogP contribution >= 0.6 is 0 Å². The molecule has 0 saturated carbocycles. The van der Waals surface area contributed by atoms with Gasteiger partial charge in [0.05, 0.1) is 0 Å². The largest absolute Gasteiger partial charge is 0.338 e. The van der Waals surface area contributed by atoms with Crippen molar-refractivity contribution in [2.75, 3.05) is 32.7 Å². The summed E-state index contributed by atoms with van der Waals surface area (Å²) in [5.41, 5.74) is 1.80. The maximum Gasteiger partial charge on any atom is 0.317 e. The summed E-state index contributed by atoms with van der Waals surface area (Å²) in [6.07, 6.45) is 0. The van der Waals surface area contributed by atoms with Gasteiger partial charge in [-0.1, -0.05) is 31.5 Å². The van der Waals surface area contributed by atoms with Gasteiger partial charge in [0, 0.05) is 38.3 Å². The molecule has 22 heavy (non-hydrogen) atoms. The van der Waals surface area contributed by atoms with Crippen LogP contribution in [0.1, 0.15) is 29.8 Å². The van der Waals surface area contributed by atoms with E-state index in [1.807, 2.05) is 36.1 Å². The van der Waals surface area contributed by atoms with Gasteiger partial charge in [-0.15, -0.1) is 0 Å². The Morgan fingerprint density at radius 1 is 1.14 bits per heavy atom. The molecular formula is C17H25N3O2. The monoisotopic (exact) mass is 303 g/mol. The molecule has 0 atom stereocenters. The Labute approximate surface area is 132 Å². The van der Waals surface area contributed by atoms with Gasteiger partial charge in [0.1, 0.15) is 0 Å². The highest BCUT2D eigenvalue weighted by atomic mass is 16.2. The number of nitrogens with one attached hydrogen (secondary N) is 1. The van der Waals surface area contributed by atoms with Gasteiger partial charge >= 0.3 is 6.03 Å². The molecule has 5 heteroatoms. The van der Waals surface area contributed by atoms with Gasteiger partial charge in [0.15, 0.2) is 0 Å². The van der Waals surface area contributed by atoms with E-state index in [0.29, 0.717) is 38.6 Å². The van der Waals surface area contributed by atoms with Crippen molar-refractivity contribution in [3.63, 3.8) is 0 Å². The zero-order chi connectivity index (χ0) is 16.1. The van der Waals surface area contributed by atoms with Gasteiger partial charge in [-0.3, -0.25) is 4.79 Å². The molecule has 0 spiro atoms. The van der Waals surface area contributed by atoms with Gasteiger partial charge in [-0.25, -0.2) is 4.79 Å². The molecule has 0 bridgehead atoms. The number of carbonyl (C=O) groups excluding carboxylic acids is 2. The minimum Gasteiger partial charge on any atom is -0.338 e. The lowest BCUT2D eigenvalue weighted by Gasteiger charge is -2.35. The molecule has 1 aromatic carbocycles. The van der Waals surface area contributed by atoms with Crippen LogP contribution in [-0.2, 0) is 0 Å². The molecule has 120 valence electrons. The molecule has 0 aliphatic carbocycles. The number of piperazine rings is 1. The molecule has 2 rings (SSSR count). The number of rotatable bonds is 3. The van der Waals surface area contributed by atoms with Crippen LogP contribution in [0, 0.1) is 12.8 Å².